The molecule has 2 atom stereocenters. The van der Waals surface area contributed by atoms with Crippen LogP contribution in [0.5, 0.6) is 0 Å². The zero-order chi connectivity index (χ0) is 21.9. The van der Waals surface area contributed by atoms with E-state index in [1.807, 2.05) is 0 Å². The largest absolute Gasteiger partial charge is 0.373 e. The first-order valence-electron chi connectivity index (χ1n) is 11.3. The first-order valence-corrected chi connectivity index (χ1v) is 11.3. The maximum absolute atomic E-state index is 6.40. The fraction of sp³-hybridized carbons (Fsp3) is 0.357. The van der Waals surface area contributed by atoms with Gasteiger partial charge >= 0.3 is 0 Å². The molecular formula is C28H36N2O. The topological polar surface area (TPSA) is 24.5 Å². The molecule has 164 valence electrons. The minimum absolute atomic E-state index is 0.0936. The number of nitrogens with one attached hydrogen (secondary N) is 1. The number of nitrogens with zero attached hydrogens (tertiary/aromatic N) is 1. The van der Waals surface area contributed by atoms with E-state index in [0.29, 0.717) is 0 Å². The molecule has 0 amide bonds. The van der Waals surface area contributed by atoms with Gasteiger partial charge in [0.15, 0.2) is 0 Å². The van der Waals surface area contributed by atoms with Crippen LogP contribution in [-0.2, 0) is 24.4 Å². The highest BCUT2D eigenvalue weighted by molar-refractivity contribution is 5.18. The summed E-state index contributed by atoms with van der Waals surface area (Å²) >= 11 is 0. The third kappa shape index (κ3) is 7.95. The van der Waals surface area contributed by atoms with Crippen molar-refractivity contribution >= 4 is 0 Å². The average molecular weight is 417 g/mol. The van der Waals surface area contributed by atoms with E-state index in [-0.39, 0.29) is 18.2 Å². The molecule has 0 saturated carbocycles. The van der Waals surface area contributed by atoms with Gasteiger partial charge in [-0.1, -0.05) is 91.0 Å². The van der Waals surface area contributed by atoms with Crippen molar-refractivity contribution in [2.75, 3.05) is 6.54 Å². The summed E-state index contributed by atoms with van der Waals surface area (Å²) in [5.41, 5.74) is 3.94. The Morgan fingerprint density at radius 1 is 0.677 bits per heavy atom. The smallest absolute Gasteiger partial charge is 0.0855 e. The Hall–Kier alpha value is -2.46. The molecule has 0 aliphatic rings. The van der Waals surface area contributed by atoms with Gasteiger partial charge in [0.2, 0.25) is 0 Å². The molecule has 0 fully saturated rings. The quantitative estimate of drug-likeness (QED) is 0.412. The highest BCUT2D eigenvalue weighted by Gasteiger charge is 2.25. The van der Waals surface area contributed by atoms with E-state index in [4.69, 9.17) is 4.74 Å². The summed E-state index contributed by atoms with van der Waals surface area (Å²) in [5, 5.41) is 3.62. The van der Waals surface area contributed by atoms with E-state index in [0.717, 1.165) is 26.2 Å². The number of hydrogen-bond donors (Lipinski definition) is 1. The Balaban J connectivity index is 1.72. The molecule has 0 radical (unpaired) electrons. The monoisotopic (exact) mass is 416 g/mol. The van der Waals surface area contributed by atoms with Crippen LogP contribution in [0.15, 0.2) is 91.0 Å². The minimum atomic E-state index is 0.0936. The summed E-state index contributed by atoms with van der Waals surface area (Å²) in [6, 6.07) is 32.2. The molecule has 0 saturated heterocycles. The second kappa shape index (κ2) is 12.4. The molecular weight excluding hydrogens is 380 g/mol. The SMILES string of the molecule is CC(C)O[C@@H](CNCc1ccccc1)[C@H](C)N(Cc1ccccc1)Cc1ccccc1. The molecule has 0 aliphatic carbocycles. The summed E-state index contributed by atoms with van der Waals surface area (Å²) in [7, 11) is 0. The lowest BCUT2D eigenvalue weighted by atomic mass is 10.1. The molecule has 0 aromatic heterocycles. The highest BCUT2D eigenvalue weighted by Crippen LogP contribution is 2.18. The molecule has 3 heteroatoms. The molecule has 31 heavy (non-hydrogen) atoms. The van der Waals surface area contributed by atoms with E-state index in [1.165, 1.54) is 16.7 Å². The summed E-state index contributed by atoms with van der Waals surface area (Å²) in [5.74, 6) is 0. The van der Waals surface area contributed by atoms with Crippen molar-refractivity contribution in [3.05, 3.63) is 108 Å². The molecule has 0 bridgehead atoms. The van der Waals surface area contributed by atoms with Gasteiger partial charge in [-0.05, 0) is 37.5 Å². The van der Waals surface area contributed by atoms with E-state index in [2.05, 4.69) is 122 Å². The fourth-order valence-electron chi connectivity index (χ4n) is 3.85. The lowest BCUT2D eigenvalue weighted by Crippen LogP contribution is -2.47. The number of hydrogen-bond acceptors (Lipinski definition) is 3. The first kappa shape index (κ1) is 23.2. The van der Waals surface area contributed by atoms with Crippen molar-refractivity contribution in [2.24, 2.45) is 0 Å². The zero-order valence-corrected chi connectivity index (χ0v) is 19.1. The molecule has 0 heterocycles. The van der Waals surface area contributed by atoms with Crippen LogP contribution in [0.1, 0.15) is 37.5 Å². The molecule has 0 unspecified atom stereocenters. The lowest BCUT2D eigenvalue weighted by Gasteiger charge is -2.36. The molecule has 3 nitrogen and oxygen atoms in total. The Labute approximate surface area is 188 Å². The standard InChI is InChI=1S/C28H36N2O/c1-23(2)31-28(20-29-19-25-13-7-4-8-14-25)24(3)30(21-26-15-9-5-10-16-26)22-27-17-11-6-12-18-27/h4-18,23-24,28-29H,19-22H2,1-3H3/t24-,28-/m0/s1. The van der Waals surface area contributed by atoms with E-state index in [1.54, 1.807) is 0 Å². The summed E-state index contributed by atoms with van der Waals surface area (Å²) in [6.45, 7) is 9.99. The Morgan fingerprint density at radius 2 is 1.13 bits per heavy atom. The van der Waals surface area contributed by atoms with E-state index in [9.17, 15) is 0 Å². The molecule has 3 aromatic rings. The van der Waals surface area contributed by atoms with Crippen LogP contribution >= 0.6 is 0 Å². The van der Waals surface area contributed by atoms with Gasteiger partial charge in [-0.15, -0.1) is 0 Å². The van der Waals surface area contributed by atoms with Crippen LogP contribution in [0.2, 0.25) is 0 Å². The molecule has 0 spiro atoms. The van der Waals surface area contributed by atoms with Crippen molar-refractivity contribution in [1.82, 2.24) is 10.2 Å². The summed E-state index contributed by atoms with van der Waals surface area (Å²) in [6.07, 6.45) is 0.275. The first-order chi connectivity index (χ1) is 15.1. The second-order valence-electron chi connectivity index (χ2n) is 8.46. The third-order valence-electron chi connectivity index (χ3n) is 5.54. The molecule has 3 rings (SSSR count). The van der Waals surface area contributed by atoms with E-state index < -0.39 is 0 Å². The van der Waals surface area contributed by atoms with Crippen LogP contribution in [0.4, 0.5) is 0 Å². The van der Waals surface area contributed by atoms with Gasteiger partial charge in [0.1, 0.15) is 0 Å². The summed E-state index contributed by atoms with van der Waals surface area (Å²) in [4.78, 5) is 2.53. The van der Waals surface area contributed by atoms with Gasteiger partial charge < -0.3 is 10.1 Å². The maximum atomic E-state index is 6.40. The van der Waals surface area contributed by atoms with Crippen LogP contribution in [-0.4, -0.2) is 29.7 Å². The van der Waals surface area contributed by atoms with Crippen molar-refractivity contribution in [1.29, 1.82) is 0 Å². The Bertz CT molecular complexity index is 810. The fourth-order valence-corrected chi connectivity index (χ4v) is 3.85. The number of benzene rings is 3. The average Bonchev–Trinajstić information content (AvgIpc) is 2.79. The van der Waals surface area contributed by atoms with Crippen molar-refractivity contribution in [3.8, 4) is 0 Å². The highest BCUT2D eigenvalue weighted by atomic mass is 16.5. The van der Waals surface area contributed by atoms with Crippen molar-refractivity contribution in [3.63, 3.8) is 0 Å². The molecule has 0 aliphatic heterocycles. The van der Waals surface area contributed by atoms with Gasteiger partial charge in [0.05, 0.1) is 12.2 Å². The van der Waals surface area contributed by atoms with Crippen LogP contribution < -0.4 is 5.32 Å². The van der Waals surface area contributed by atoms with Gasteiger partial charge in [0, 0.05) is 32.2 Å². The van der Waals surface area contributed by atoms with Gasteiger partial charge in [0.25, 0.3) is 0 Å². The van der Waals surface area contributed by atoms with Crippen molar-refractivity contribution < 1.29 is 4.74 Å². The van der Waals surface area contributed by atoms with Gasteiger partial charge in [-0.25, -0.2) is 0 Å². The Kier molecular flexibility index (Phi) is 9.29. The number of ether oxygens (including phenoxy) is 1. The number of rotatable bonds is 12. The van der Waals surface area contributed by atoms with Crippen molar-refractivity contribution in [2.45, 2.75) is 58.7 Å². The van der Waals surface area contributed by atoms with Gasteiger partial charge in [-0.3, -0.25) is 4.90 Å². The maximum Gasteiger partial charge on any atom is 0.0855 e. The Morgan fingerprint density at radius 3 is 1.58 bits per heavy atom. The zero-order valence-electron chi connectivity index (χ0n) is 19.1. The molecule has 3 aromatic carbocycles. The normalized spacial score (nSPS) is 13.5. The van der Waals surface area contributed by atoms with Crippen LogP contribution in [0.25, 0.3) is 0 Å². The van der Waals surface area contributed by atoms with Crippen LogP contribution in [0, 0.1) is 0 Å². The third-order valence-corrected chi connectivity index (χ3v) is 5.54. The van der Waals surface area contributed by atoms with Gasteiger partial charge in [-0.2, -0.15) is 0 Å². The molecule has 1 N–H and O–H groups in total. The summed E-state index contributed by atoms with van der Waals surface area (Å²) < 4.78 is 6.40. The second-order valence-corrected chi connectivity index (χ2v) is 8.46. The van der Waals surface area contributed by atoms with Crippen LogP contribution in [0.3, 0.4) is 0 Å². The van der Waals surface area contributed by atoms with E-state index >= 15 is 0 Å². The lowest BCUT2D eigenvalue weighted by molar-refractivity contribution is -0.0436. The predicted molar refractivity (Wildman–Crippen MR) is 130 cm³/mol. The minimum Gasteiger partial charge on any atom is -0.373 e. The predicted octanol–water partition coefficient (Wildman–Crippen LogP) is 5.66.